The van der Waals surface area contributed by atoms with Gasteiger partial charge in [0.1, 0.15) is 5.82 Å². The number of rotatable bonds is 4. The van der Waals surface area contributed by atoms with Gasteiger partial charge in [-0.15, -0.1) is 11.3 Å². The fraction of sp³-hybridized carbons (Fsp3) is 0.238. The molecule has 0 N–H and O–H groups in total. The van der Waals surface area contributed by atoms with Crippen LogP contribution in [0.15, 0.2) is 60.9 Å². The molecule has 1 saturated heterocycles. The Morgan fingerprint density at radius 2 is 1.67 bits per heavy atom. The Kier molecular flexibility index (Phi) is 5.27. The molecule has 27 heavy (non-hydrogen) atoms. The van der Waals surface area contributed by atoms with Crippen molar-refractivity contribution in [1.29, 1.82) is 0 Å². The van der Waals surface area contributed by atoms with Crippen LogP contribution in [0.1, 0.15) is 15.2 Å². The number of nitrogens with zero attached hydrogens (tertiary/aromatic N) is 3. The van der Waals surface area contributed by atoms with Crippen LogP contribution in [-0.2, 0) is 6.54 Å². The first-order valence-corrected chi connectivity index (χ1v) is 9.77. The minimum Gasteiger partial charge on any atom is -0.335 e. The first-order valence-electron chi connectivity index (χ1n) is 8.95. The molecule has 6 heteroatoms. The molecule has 138 valence electrons. The largest absolute Gasteiger partial charge is 0.335 e. The van der Waals surface area contributed by atoms with Gasteiger partial charge < -0.3 is 4.90 Å². The standard InChI is InChI=1S/C21H20FN3OS/c22-18-3-1-17(2-4-18)19-5-6-20(27-19)21(26)25-13-11-24(12-14-25)15-16-7-9-23-10-8-16/h1-10H,11-15H2. The molecule has 1 aliphatic heterocycles. The first-order chi connectivity index (χ1) is 13.2. The van der Waals surface area contributed by atoms with Gasteiger partial charge in [0.15, 0.2) is 0 Å². The summed E-state index contributed by atoms with van der Waals surface area (Å²) in [5, 5.41) is 0. The molecular formula is C21H20FN3OS. The van der Waals surface area contributed by atoms with Crippen molar-refractivity contribution in [3.05, 3.63) is 77.2 Å². The van der Waals surface area contributed by atoms with Gasteiger partial charge in [-0.1, -0.05) is 12.1 Å². The van der Waals surface area contributed by atoms with E-state index in [0.717, 1.165) is 48.0 Å². The molecule has 1 aliphatic rings. The van der Waals surface area contributed by atoms with Crippen molar-refractivity contribution in [1.82, 2.24) is 14.8 Å². The summed E-state index contributed by atoms with van der Waals surface area (Å²) in [6, 6.07) is 14.2. The number of hydrogen-bond acceptors (Lipinski definition) is 4. The molecule has 0 saturated carbocycles. The average molecular weight is 381 g/mol. The first kappa shape index (κ1) is 17.8. The van der Waals surface area contributed by atoms with Crippen molar-refractivity contribution >= 4 is 17.2 Å². The number of halogens is 1. The lowest BCUT2D eigenvalue weighted by Crippen LogP contribution is -2.48. The SMILES string of the molecule is O=C(c1ccc(-c2ccc(F)cc2)s1)N1CCN(Cc2ccncc2)CC1. The zero-order valence-corrected chi connectivity index (χ0v) is 15.7. The summed E-state index contributed by atoms with van der Waals surface area (Å²) in [5.41, 5.74) is 2.18. The molecule has 0 radical (unpaired) electrons. The van der Waals surface area contributed by atoms with Gasteiger partial charge in [-0.05, 0) is 47.5 Å². The maximum Gasteiger partial charge on any atom is 0.264 e. The van der Waals surface area contributed by atoms with Crippen LogP contribution in [0.4, 0.5) is 4.39 Å². The fourth-order valence-corrected chi connectivity index (χ4v) is 4.21. The number of benzene rings is 1. The lowest BCUT2D eigenvalue weighted by molar-refractivity contribution is 0.0633. The van der Waals surface area contributed by atoms with Crippen LogP contribution in [-0.4, -0.2) is 46.9 Å². The van der Waals surface area contributed by atoms with E-state index in [2.05, 4.69) is 9.88 Å². The zero-order valence-electron chi connectivity index (χ0n) is 14.8. The Balaban J connectivity index is 1.36. The van der Waals surface area contributed by atoms with Crippen molar-refractivity contribution in [3.63, 3.8) is 0 Å². The van der Waals surface area contributed by atoms with E-state index in [0.29, 0.717) is 0 Å². The van der Waals surface area contributed by atoms with E-state index in [-0.39, 0.29) is 11.7 Å². The van der Waals surface area contributed by atoms with Crippen LogP contribution >= 0.6 is 11.3 Å². The van der Waals surface area contributed by atoms with Crippen molar-refractivity contribution in [2.24, 2.45) is 0 Å². The third-order valence-electron chi connectivity index (χ3n) is 4.76. The van der Waals surface area contributed by atoms with Crippen molar-refractivity contribution in [2.75, 3.05) is 26.2 Å². The summed E-state index contributed by atoms with van der Waals surface area (Å²) in [6.45, 7) is 4.08. The van der Waals surface area contributed by atoms with E-state index >= 15 is 0 Å². The molecule has 1 aromatic carbocycles. The molecule has 0 bridgehead atoms. The third-order valence-corrected chi connectivity index (χ3v) is 5.88. The highest BCUT2D eigenvalue weighted by atomic mass is 32.1. The van der Waals surface area contributed by atoms with Gasteiger partial charge in [-0.25, -0.2) is 4.39 Å². The van der Waals surface area contributed by atoms with Crippen LogP contribution in [0.3, 0.4) is 0 Å². The quantitative estimate of drug-likeness (QED) is 0.688. The number of carbonyl (C=O) groups is 1. The molecular weight excluding hydrogens is 361 g/mol. The van der Waals surface area contributed by atoms with Gasteiger partial charge in [0, 0.05) is 50.0 Å². The summed E-state index contributed by atoms with van der Waals surface area (Å²) in [6.07, 6.45) is 3.62. The van der Waals surface area contributed by atoms with Gasteiger partial charge >= 0.3 is 0 Å². The molecule has 1 amide bonds. The van der Waals surface area contributed by atoms with E-state index in [1.165, 1.54) is 29.0 Å². The Morgan fingerprint density at radius 3 is 2.37 bits per heavy atom. The van der Waals surface area contributed by atoms with Gasteiger partial charge in [-0.2, -0.15) is 0 Å². The number of thiophene rings is 1. The average Bonchev–Trinajstić information content (AvgIpc) is 3.20. The molecule has 3 aromatic rings. The molecule has 1 fully saturated rings. The molecule has 0 atom stereocenters. The highest BCUT2D eigenvalue weighted by Gasteiger charge is 2.23. The van der Waals surface area contributed by atoms with Crippen LogP contribution in [0.5, 0.6) is 0 Å². The predicted molar refractivity (Wildman–Crippen MR) is 105 cm³/mol. The highest BCUT2D eigenvalue weighted by molar-refractivity contribution is 7.17. The molecule has 0 spiro atoms. The maximum atomic E-state index is 13.1. The number of aromatic nitrogens is 1. The van der Waals surface area contributed by atoms with E-state index < -0.39 is 0 Å². The van der Waals surface area contributed by atoms with E-state index in [4.69, 9.17) is 0 Å². The second kappa shape index (κ2) is 7.98. The second-order valence-electron chi connectivity index (χ2n) is 6.59. The number of pyridine rings is 1. The maximum absolute atomic E-state index is 13.1. The van der Waals surface area contributed by atoms with Crippen molar-refractivity contribution in [2.45, 2.75) is 6.54 Å². The number of piperazine rings is 1. The number of carbonyl (C=O) groups excluding carboxylic acids is 1. The summed E-state index contributed by atoms with van der Waals surface area (Å²) < 4.78 is 13.1. The lowest BCUT2D eigenvalue weighted by Gasteiger charge is -2.34. The summed E-state index contributed by atoms with van der Waals surface area (Å²) in [5.74, 6) is -0.173. The van der Waals surface area contributed by atoms with E-state index in [1.54, 1.807) is 12.1 Å². The van der Waals surface area contributed by atoms with E-state index in [9.17, 15) is 9.18 Å². The van der Waals surface area contributed by atoms with Crippen LogP contribution in [0.2, 0.25) is 0 Å². The molecule has 3 heterocycles. The molecule has 0 aliphatic carbocycles. The Labute approximate surface area is 161 Å². The lowest BCUT2D eigenvalue weighted by atomic mass is 10.2. The Bertz CT molecular complexity index is 903. The van der Waals surface area contributed by atoms with Gasteiger partial charge in [0.05, 0.1) is 4.88 Å². The monoisotopic (exact) mass is 381 g/mol. The number of hydrogen-bond donors (Lipinski definition) is 0. The normalized spacial score (nSPS) is 15.1. The Morgan fingerprint density at radius 1 is 0.963 bits per heavy atom. The van der Waals surface area contributed by atoms with Gasteiger partial charge in [-0.3, -0.25) is 14.7 Å². The van der Waals surface area contributed by atoms with Crippen molar-refractivity contribution in [3.8, 4) is 10.4 Å². The Hall–Kier alpha value is -2.57. The fourth-order valence-electron chi connectivity index (χ4n) is 3.23. The van der Waals surface area contributed by atoms with Gasteiger partial charge in [0.2, 0.25) is 0 Å². The topological polar surface area (TPSA) is 36.4 Å². The third kappa shape index (κ3) is 4.23. The zero-order chi connectivity index (χ0) is 18.6. The predicted octanol–water partition coefficient (Wildman–Crippen LogP) is 3.91. The number of amides is 1. The minimum atomic E-state index is -0.253. The molecule has 4 nitrogen and oxygen atoms in total. The molecule has 2 aromatic heterocycles. The smallest absolute Gasteiger partial charge is 0.264 e. The molecule has 0 unspecified atom stereocenters. The van der Waals surface area contributed by atoms with Crippen LogP contribution in [0.25, 0.3) is 10.4 Å². The van der Waals surface area contributed by atoms with Crippen LogP contribution < -0.4 is 0 Å². The van der Waals surface area contributed by atoms with E-state index in [1.807, 2.05) is 41.6 Å². The second-order valence-corrected chi connectivity index (χ2v) is 7.68. The van der Waals surface area contributed by atoms with Crippen LogP contribution in [0, 0.1) is 5.82 Å². The summed E-state index contributed by atoms with van der Waals surface area (Å²) >= 11 is 1.46. The van der Waals surface area contributed by atoms with Gasteiger partial charge in [0.25, 0.3) is 5.91 Å². The summed E-state index contributed by atoms with van der Waals surface area (Å²) in [7, 11) is 0. The minimum absolute atomic E-state index is 0.0805. The molecule has 4 rings (SSSR count). The highest BCUT2D eigenvalue weighted by Crippen LogP contribution is 2.29. The summed E-state index contributed by atoms with van der Waals surface area (Å²) in [4.78, 5) is 22.9. The van der Waals surface area contributed by atoms with Crippen molar-refractivity contribution < 1.29 is 9.18 Å².